The number of urea groups is 1. The minimum atomic E-state index is -4.35. The lowest BCUT2D eigenvalue weighted by Crippen LogP contribution is -2.44. The molecule has 0 rings (SSSR count). The van der Waals surface area contributed by atoms with Crippen molar-refractivity contribution in [2.45, 2.75) is 26.1 Å². The van der Waals surface area contributed by atoms with E-state index in [0.717, 1.165) is 0 Å². The number of carbonyl (C=O) groups is 1. The number of halogens is 3. The second-order valence-corrected chi connectivity index (χ2v) is 3.96. The first-order valence-electron chi connectivity index (χ1n) is 5.41. The molecule has 7 heteroatoms. The number of hydrogen-bond acceptors (Lipinski definition) is 2. The van der Waals surface area contributed by atoms with Gasteiger partial charge in [0, 0.05) is 6.54 Å². The van der Waals surface area contributed by atoms with Crippen LogP contribution in [0.4, 0.5) is 18.0 Å². The maximum atomic E-state index is 11.7. The Morgan fingerprint density at radius 3 is 2.50 bits per heavy atom. The normalized spacial score (nSPS) is 12.9. The average molecular weight is 266 g/mol. The van der Waals surface area contributed by atoms with Gasteiger partial charge in [0.15, 0.2) is 0 Å². The highest BCUT2D eigenvalue weighted by molar-refractivity contribution is 5.74. The molecule has 0 aromatic rings. The predicted octanol–water partition coefficient (Wildman–Crippen LogP) is 1.52. The molecular weight excluding hydrogens is 249 g/mol. The summed E-state index contributed by atoms with van der Waals surface area (Å²) in [5.74, 6) is 2.47. The number of ether oxygens (including phenoxy) is 1. The molecule has 0 aliphatic carbocycles. The third-order valence-corrected chi connectivity index (χ3v) is 1.93. The van der Waals surface area contributed by atoms with E-state index in [-0.39, 0.29) is 19.1 Å². The molecule has 0 radical (unpaired) electrons. The molecule has 0 unspecified atom stereocenters. The van der Waals surface area contributed by atoms with Crippen molar-refractivity contribution >= 4 is 6.03 Å². The van der Waals surface area contributed by atoms with Crippen molar-refractivity contribution in [3.05, 3.63) is 0 Å². The summed E-state index contributed by atoms with van der Waals surface area (Å²) in [5.41, 5.74) is 0. The van der Waals surface area contributed by atoms with Gasteiger partial charge in [-0.3, -0.25) is 0 Å². The van der Waals surface area contributed by atoms with Gasteiger partial charge in [-0.1, -0.05) is 19.8 Å². The lowest BCUT2D eigenvalue weighted by atomic mass is 10.1. The van der Waals surface area contributed by atoms with E-state index in [4.69, 9.17) is 6.42 Å². The molecule has 0 aliphatic rings. The third kappa shape index (κ3) is 8.70. The highest BCUT2D eigenvalue weighted by Gasteiger charge is 2.27. The van der Waals surface area contributed by atoms with Gasteiger partial charge in [-0.25, -0.2) is 4.79 Å². The van der Waals surface area contributed by atoms with Gasteiger partial charge in [0.1, 0.15) is 6.61 Å². The number of rotatable bonds is 6. The maximum absolute atomic E-state index is 11.7. The van der Waals surface area contributed by atoms with Crippen molar-refractivity contribution in [1.82, 2.24) is 10.6 Å². The maximum Gasteiger partial charge on any atom is 0.411 e. The first kappa shape index (κ1) is 16.6. The van der Waals surface area contributed by atoms with Crippen molar-refractivity contribution in [2.24, 2.45) is 5.92 Å². The van der Waals surface area contributed by atoms with Crippen LogP contribution in [0.2, 0.25) is 0 Å². The SMILES string of the molecule is C#C[C@@H](NC(=O)NCCOCC(F)(F)F)C(C)C. The molecule has 0 spiro atoms. The topological polar surface area (TPSA) is 50.4 Å². The molecule has 0 fully saturated rings. The summed E-state index contributed by atoms with van der Waals surface area (Å²) in [5, 5.41) is 4.86. The minimum Gasteiger partial charge on any atom is -0.370 e. The van der Waals surface area contributed by atoms with Crippen LogP contribution in [0.15, 0.2) is 0 Å². The quantitative estimate of drug-likeness (QED) is 0.565. The molecule has 1 atom stereocenters. The summed E-state index contributed by atoms with van der Waals surface area (Å²) in [6.45, 7) is 2.14. The van der Waals surface area contributed by atoms with E-state index in [9.17, 15) is 18.0 Å². The van der Waals surface area contributed by atoms with Gasteiger partial charge < -0.3 is 15.4 Å². The first-order chi connectivity index (χ1) is 8.26. The second kappa shape index (κ2) is 7.82. The lowest BCUT2D eigenvalue weighted by molar-refractivity contribution is -0.173. The van der Waals surface area contributed by atoms with Crippen LogP contribution in [-0.2, 0) is 4.74 Å². The summed E-state index contributed by atoms with van der Waals surface area (Å²) >= 11 is 0. The van der Waals surface area contributed by atoms with Crippen LogP contribution in [0.1, 0.15) is 13.8 Å². The molecule has 0 aromatic heterocycles. The molecule has 0 saturated carbocycles. The van der Waals surface area contributed by atoms with Crippen LogP contribution < -0.4 is 10.6 Å². The standard InChI is InChI=1S/C11H17F3N2O2/c1-4-9(8(2)3)16-10(17)15-5-6-18-7-11(12,13)14/h1,8-9H,5-7H2,2-3H3,(H2,15,16,17)/t9-/m1/s1. The number of nitrogens with one attached hydrogen (secondary N) is 2. The van der Waals surface area contributed by atoms with Crippen LogP contribution in [0.25, 0.3) is 0 Å². The Morgan fingerprint density at radius 2 is 2.06 bits per heavy atom. The van der Waals surface area contributed by atoms with E-state index < -0.39 is 24.9 Å². The molecule has 18 heavy (non-hydrogen) atoms. The Labute approximate surface area is 104 Å². The summed E-state index contributed by atoms with van der Waals surface area (Å²) < 4.78 is 39.4. The van der Waals surface area contributed by atoms with Crippen LogP contribution in [-0.4, -0.2) is 38.0 Å². The largest absolute Gasteiger partial charge is 0.411 e. The van der Waals surface area contributed by atoms with Crippen LogP contribution in [0.3, 0.4) is 0 Å². The summed E-state index contributed by atoms with van der Waals surface area (Å²) in [6, 6.07) is -0.941. The molecule has 4 nitrogen and oxygen atoms in total. The molecule has 2 N–H and O–H groups in total. The summed E-state index contributed by atoms with van der Waals surface area (Å²) in [6.07, 6.45) is 0.851. The fourth-order valence-electron chi connectivity index (χ4n) is 1.02. The van der Waals surface area contributed by atoms with Gasteiger partial charge >= 0.3 is 12.2 Å². The number of amides is 2. The van der Waals surface area contributed by atoms with Gasteiger partial charge in [-0.2, -0.15) is 13.2 Å². The fraction of sp³-hybridized carbons (Fsp3) is 0.727. The Morgan fingerprint density at radius 1 is 1.44 bits per heavy atom. The monoisotopic (exact) mass is 266 g/mol. The Kier molecular flexibility index (Phi) is 7.20. The zero-order valence-electron chi connectivity index (χ0n) is 10.3. The molecular formula is C11H17F3N2O2. The fourth-order valence-corrected chi connectivity index (χ4v) is 1.02. The molecule has 0 aliphatic heterocycles. The number of terminal acetylenes is 1. The van der Waals surface area contributed by atoms with E-state index in [1.807, 2.05) is 13.8 Å². The lowest BCUT2D eigenvalue weighted by Gasteiger charge is -2.17. The van der Waals surface area contributed by atoms with E-state index in [1.165, 1.54) is 0 Å². The van der Waals surface area contributed by atoms with E-state index in [2.05, 4.69) is 21.3 Å². The highest BCUT2D eigenvalue weighted by Crippen LogP contribution is 2.13. The molecule has 0 saturated heterocycles. The third-order valence-electron chi connectivity index (χ3n) is 1.93. The molecule has 0 bridgehead atoms. The second-order valence-electron chi connectivity index (χ2n) is 3.96. The minimum absolute atomic E-state index is 0.0166. The van der Waals surface area contributed by atoms with Crippen LogP contribution in [0.5, 0.6) is 0 Å². The summed E-state index contributed by atoms with van der Waals surface area (Å²) in [4.78, 5) is 11.3. The molecule has 0 heterocycles. The number of alkyl halides is 3. The molecule has 0 aromatic carbocycles. The van der Waals surface area contributed by atoms with Gasteiger partial charge in [-0.05, 0) is 5.92 Å². The molecule has 2 amide bonds. The van der Waals surface area contributed by atoms with E-state index in [0.29, 0.717) is 0 Å². The number of hydrogen-bond donors (Lipinski definition) is 2. The van der Waals surface area contributed by atoms with Crippen molar-refractivity contribution in [3.8, 4) is 12.3 Å². The van der Waals surface area contributed by atoms with Gasteiger partial charge in [0.25, 0.3) is 0 Å². The molecule has 104 valence electrons. The number of carbonyl (C=O) groups excluding carboxylic acids is 1. The van der Waals surface area contributed by atoms with E-state index >= 15 is 0 Å². The van der Waals surface area contributed by atoms with Gasteiger partial charge in [0.05, 0.1) is 12.6 Å². The predicted molar refractivity (Wildman–Crippen MR) is 60.9 cm³/mol. The Balaban J connectivity index is 3.69. The Bertz CT molecular complexity index is 298. The van der Waals surface area contributed by atoms with Crippen molar-refractivity contribution in [1.29, 1.82) is 0 Å². The highest BCUT2D eigenvalue weighted by atomic mass is 19.4. The Hall–Kier alpha value is -1.42. The van der Waals surface area contributed by atoms with Crippen LogP contribution in [0, 0.1) is 18.3 Å². The summed E-state index contributed by atoms with van der Waals surface area (Å²) in [7, 11) is 0. The van der Waals surface area contributed by atoms with Gasteiger partial charge in [0.2, 0.25) is 0 Å². The van der Waals surface area contributed by atoms with E-state index in [1.54, 1.807) is 0 Å². The van der Waals surface area contributed by atoms with Crippen molar-refractivity contribution in [2.75, 3.05) is 19.8 Å². The smallest absolute Gasteiger partial charge is 0.370 e. The zero-order chi connectivity index (χ0) is 14.2. The van der Waals surface area contributed by atoms with Crippen molar-refractivity contribution < 1.29 is 22.7 Å². The van der Waals surface area contributed by atoms with Gasteiger partial charge in [-0.15, -0.1) is 6.42 Å². The van der Waals surface area contributed by atoms with Crippen LogP contribution >= 0.6 is 0 Å². The average Bonchev–Trinajstić information content (AvgIpc) is 2.23. The first-order valence-corrected chi connectivity index (χ1v) is 5.41. The van der Waals surface area contributed by atoms with Crippen molar-refractivity contribution in [3.63, 3.8) is 0 Å². The zero-order valence-corrected chi connectivity index (χ0v) is 10.3.